The van der Waals surface area contributed by atoms with Gasteiger partial charge in [0.15, 0.2) is 0 Å². The fraction of sp³-hybridized carbons (Fsp3) is 0.143. The molecule has 6 heteroatoms. The number of rotatable bonds is 6. The number of anilines is 1. The molecule has 3 aromatic rings. The maximum absolute atomic E-state index is 13.3. The molecule has 0 radical (unpaired) electrons. The Hall–Kier alpha value is -4.50. The predicted octanol–water partition coefficient (Wildman–Crippen LogP) is 4.80. The highest BCUT2D eigenvalue weighted by Crippen LogP contribution is 2.32. The van der Waals surface area contributed by atoms with Gasteiger partial charge < -0.3 is 4.90 Å². The fourth-order valence-electron chi connectivity index (χ4n) is 4.02. The van der Waals surface area contributed by atoms with Gasteiger partial charge >= 0.3 is 0 Å². The summed E-state index contributed by atoms with van der Waals surface area (Å²) in [4.78, 5) is 42.4. The first-order chi connectivity index (χ1) is 16.3. The summed E-state index contributed by atoms with van der Waals surface area (Å²) in [6.07, 6.45) is 1.63. The molecule has 1 aliphatic rings. The smallest absolute Gasteiger partial charge is 0.266 e. The Kier molecular flexibility index (Phi) is 6.11. The van der Waals surface area contributed by atoms with E-state index < -0.39 is 11.8 Å². The molecule has 0 saturated heterocycles. The van der Waals surface area contributed by atoms with Gasteiger partial charge in [0.25, 0.3) is 17.7 Å². The highest BCUT2D eigenvalue weighted by molar-refractivity contribution is 6.35. The Bertz CT molecular complexity index is 1370. The average molecular weight is 450 g/mol. The van der Waals surface area contributed by atoms with E-state index in [1.54, 1.807) is 47.4 Å². The number of aryl methyl sites for hydroxylation is 2. The SMILES string of the molecule is C=CCN(Cc1ccc(C#N)cc1)C(=O)c1ccc2c(c1)C(=O)N(c1cc(C)ccc1C)C2=O. The van der Waals surface area contributed by atoms with Crippen molar-refractivity contribution in [2.24, 2.45) is 0 Å². The minimum atomic E-state index is -0.439. The van der Waals surface area contributed by atoms with Crippen molar-refractivity contribution in [2.75, 3.05) is 11.4 Å². The zero-order valence-electron chi connectivity index (χ0n) is 19.0. The minimum absolute atomic E-state index is 0.216. The molecule has 168 valence electrons. The van der Waals surface area contributed by atoms with Crippen LogP contribution in [0.25, 0.3) is 0 Å². The van der Waals surface area contributed by atoms with Crippen LogP contribution in [-0.4, -0.2) is 29.2 Å². The van der Waals surface area contributed by atoms with Crippen LogP contribution in [-0.2, 0) is 6.54 Å². The summed E-state index contributed by atoms with van der Waals surface area (Å²) < 4.78 is 0. The van der Waals surface area contributed by atoms with Crippen molar-refractivity contribution >= 4 is 23.4 Å². The third kappa shape index (κ3) is 4.12. The molecule has 0 aromatic heterocycles. The number of benzene rings is 3. The number of fused-ring (bicyclic) bond motifs is 1. The molecule has 4 rings (SSSR count). The summed E-state index contributed by atoms with van der Waals surface area (Å²) in [5, 5.41) is 8.99. The number of carbonyl (C=O) groups is 3. The van der Waals surface area contributed by atoms with E-state index in [1.807, 2.05) is 32.0 Å². The number of nitrogens with zero attached hydrogens (tertiary/aromatic N) is 3. The lowest BCUT2D eigenvalue weighted by Crippen LogP contribution is -2.31. The van der Waals surface area contributed by atoms with Crippen LogP contribution in [0.5, 0.6) is 0 Å². The maximum Gasteiger partial charge on any atom is 0.266 e. The minimum Gasteiger partial charge on any atom is -0.331 e. The molecule has 1 aliphatic heterocycles. The van der Waals surface area contributed by atoms with E-state index in [0.717, 1.165) is 16.7 Å². The Balaban J connectivity index is 1.64. The third-order valence-corrected chi connectivity index (χ3v) is 5.83. The average Bonchev–Trinajstić information content (AvgIpc) is 3.09. The van der Waals surface area contributed by atoms with Gasteiger partial charge in [-0.2, -0.15) is 5.26 Å². The molecule has 34 heavy (non-hydrogen) atoms. The van der Waals surface area contributed by atoms with Crippen molar-refractivity contribution in [2.45, 2.75) is 20.4 Å². The van der Waals surface area contributed by atoms with Gasteiger partial charge in [0, 0.05) is 18.7 Å². The van der Waals surface area contributed by atoms with E-state index in [2.05, 4.69) is 12.6 Å². The van der Waals surface area contributed by atoms with E-state index in [0.29, 0.717) is 29.9 Å². The van der Waals surface area contributed by atoms with Crippen LogP contribution in [0.15, 0.2) is 73.3 Å². The van der Waals surface area contributed by atoms with E-state index in [-0.39, 0.29) is 17.0 Å². The lowest BCUT2D eigenvalue weighted by Gasteiger charge is -2.21. The van der Waals surface area contributed by atoms with E-state index >= 15 is 0 Å². The van der Waals surface area contributed by atoms with Gasteiger partial charge in [0.1, 0.15) is 0 Å². The van der Waals surface area contributed by atoms with E-state index in [9.17, 15) is 14.4 Å². The van der Waals surface area contributed by atoms with Gasteiger partial charge in [0.05, 0.1) is 28.4 Å². The van der Waals surface area contributed by atoms with E-state index in [4.69, 9.17) is 5.26 Å². The Labute approximate surface area is 198 Å². The third-order valence-electron chi connectivity index (χ3n) is 5.83. The number of hydrogen-bond donors (Lipinski definition) is 0. The maximum atomic E-state index is 13.3. The fourth-order valence-corrected chi connectivity index (χ4v) is 4.02. The van der Waals surface area contributed by atoms with Crippen LogP contribution in [0.1, 0.15) is 53.3 Å². The van der Waals surface area contributed by atoms with Crippen LogP contribution < -0.4 is 4.90 Å². The molecule has 0 unspecified atom stereocenters. The molecule has 3 amide bonds. The summed E-state index contributed by atoms with van der Waals surface area (Å²) in [5.74, 6) is -1.11. The second-order valence-corrected chi connectivity index (χ2v) is 8.28. The summed E-state index contributed by atoms with van der Waals surface area (Å²) >= 11 is 0. The number of imide groups is 1. The molecule has 1 heterocycles. The molecular weight excluding hydrogens is 426 g/mol. The first-order valence-corrected chi connectivity index (χ1v) is 10.8. The lowest BCUT2D eigenvalue weighted by atomic mass is 10.0. The van der Waals surface area contributed by atoms with Crippen LogP contribution in [0.2, 0.25) is 0 Å². The van der Waals surface area contributed by atoms with Crippen LogP contribution in [0, 0.1) is 25.2 Å². The van der Waals surface area contributed by atoms with Gasteiger partial charge in [-0.1, -0.05) is 30.3 Å². The van der Waals surface area contributed by atoms with Gasteiger partial charge in [0.2, 0.25) is 0 Å². The van der Waals surface area contributed by atoms with Gasteiger partial charge in [-0.3, -0.25) is 14.4 Å². The number of amides is 3. The lowest BCUT2D eigenvalue weighted by molar-refractivity contribution is 0.0762. The standard InChI is InChI=1S/C28H23N3O3/c1-4-13-30(17-21-9-7-20(16-29)8-10-21)26(32)22-11-12-23-24(15-22)28(34)31(27(23)33)25-14-18(2)5-6-19(25)3/h4-12,14-15H,1,13,17H2,2-3H3. The molecule has 0 spiro atoms. The quantitative estimate of drug-likeness (QED) is 0.400. The van der Waals surface area contributed by atoms with Crippen molar-refractivity contribution in [3.63, 3.8) is 0 Å². The number of hydrogen-bond acceptors (Lipinski definition) is 4. The zero-order valence-corrected chi connectivity index (χ0v) is 19.0. The first-order valence-electron chi connectivity index (χ1n) is 10.8. The van der Waals surface area contributed by atoms with Crippen molar-refractivity contribution in [3.8, 4) is 6.07 Å². The van der Waals surface area contributed by atoms with Crippen molar-refractivity contribution in [3.05, 3.63) is 112 Å². The molecule has 0 aliphatic carbocycles. The monoisotopic (exact) mass is 449 g/mol. The second-order valence-electron chi connectivity index (χ2n) is 8.28. The van der Waals surface area contributed by atoms with Gasteiger partial charge in [-0.05, 0) is 66.9 Å². The zero-order chi connectivity index (χ0) is 24.4. The molecule has 0 fully saturated rings. The Morgan fingerprint density at radius 3 is 2.38 bits per heavy atom. The predicted molar refractivity (Wildman–Crippen MR) is 130 cm³/mol. The molecule has 0 bridgehead atoms. The number of nitriles is 1. The molecule has 0 atom stereocenters. The van der Waals surface area contributed by atoms with Crippen molar-refractivity contribution < 1.29 is 14.4 Å². The van der Waals surface area contributed by atoms with Gasteiger partial charge in [-0.25, -0.2) is 4.90 Å². The van der Waals surface area contributed by atoms with Crippen LogP contribution in [0.4, 0.5) is 5.69 Å². The second kappa shape index (κ2) is 9.16. The van der Waals surface area contributed by atoms with Crippen molar-refractivity contribution in [1.82, 2.24) is 4.90 Å². The van der Waals surface area contributed by atoms with Crippen LogP contribution >= 0.6 is 0 Å². The molecule has 0 saturated carbocycles. The van der Waals surface area contributed by atoms with Crippen molar-refractivity contribution in [1.29, 1.82) is 5.26 Å². The summed E-state index contributed by atoms with van der Waals surface area (Å²) in [5.41, 5.74) is 4.53. The molecule has 3 aromatic carbocycles. The molecular formula is C28H23N3O3. The highest BCUT2D eigenvalue weighted by Gasteiger charge is 2.38. The normalized spacial score (nSPS) is 12.3. The van der Waals surface area contributed by atoms with Gasteiger partial charge in [-0.15, -0.1) is 6.58 Å². The van der Waals surface area contributed by atoms with E-state index in [1.165, 1.54) is 11.0 Å². The first kappa shape index (κ1) is 22.7. The summed E-state index contributed by atoms with van der Waals surface area (Å²) in [6.45, 7) is 8.11. The Morgan fingerprint density at radius 1 is 1.00 bits per heavy atom. The largest absolute Gasteiger partial charge is 0.331 e. The topological polar surface area (TPSA) is 81.5 Å². The summed E-state index contributed by atoms with van der Waals surface area (Å²) in [6, 6.07) is 19.3. The molecule has 0 N–H and O–H groups in total. The Morgan fingerprint density at radius 2 is 1.71 bits per heavy atom. The number of carbonyl (C=O) groups excluding carboxylic acids is 3. The highest BCUT2D eigenvalue weighted by atomic mass is 16.2. The van der Waals surface area contributed by atoms with Crippen LogP contribution in [0.3, 0.4) is 0 Å². The molecule has 6 nitrogen and oxygen atoms in total. The summed E-state index contributed by atoms with van der Waals surface area (Å²) in [7, 11) is 0.